The Hall–Kier alpha value is -1.57. The van der Waals surface area contributed by atoms with E-state index in [0.29, 0.717) is 11.8 Å². The van der Waals surface area contributed by atoms with E-state index in [1.54, 1.807) is 0 Å². The second kappa shape index (κ2) is 13.6. The highest BCUT2D eigenvalue weighted by Gasteiger charge is 2.33. The van der Waals surface area contributed by atoms with Crippen LogP contribution in [0.1, 0.15) is 90.0 Å². The summed E-state index contributed by atoms with van der Waals surface area (Å²) < 4.78 is 0. The Morgan fingerprint density at radius 1 is 0.778 bits per heavy atom. The number of rotatable bonds is 15. The predicted octanol–water partition coefficient (Wildman–Crippen LogP) is 7.44. The van der Waals surface area contributed by atoms with Crippen molar-refractivity contribution >= 4 is 12.4 Å². The summed E-state index contributed by atoms with van der Waals surface area (Å²) in [6.07, 6.45) is 21.0. The van der Waals surface area contributed by atoms with E-state index in [1.165, 1.54) is 76.2 Å². The lowest BCUT2D eigenvalue weighted by molar-refractivity contribution is 0.330. The van der Waals surface area contributed by atoms with Crippen LogP contribution in [0.4, 0.5) is 0 Å². The monoisotopic (exact) mass is 367 g/mol. The standard InChI is InChI=1S/C25H39N2/c1-3-4-5-6-7-8-9-10-11-15-18-24(25-26-19-20-27-25)22(2)21-23-16-13-12-14-17-23/h12-14,16-17,19-20,22,24H,3-11,15,18,21H2,1-2H3/q+1. The van der Waals surface area contributed by atoms with Crippen molar-refractivity contribution in [2.45, 2.75) is 90.9 Å². The van der Waals surface area contributed by atoms with Crippen molar-refractivity contribution in [3.8, 4) is 0 Å². The molecular formula is C25H39N2+. The SMILES string of the molecule is CCCCCCCCCCCCC([C+]1N=CC=N1)C(C)Cc1ccccc1. The van der Waals surface area contributed by atoms with E-state index < -0.39 is 0 Å². The van der Waals surface area contributed by atoms with Crippen molar-refractivity contribution in [1.29, 1.82) is 0 Å². The molecule has 1 heterocycles. The van der Waals surface area contributed by atoms with Gasteiger partial charge in [-0.25, -0.2) is 0 Å². The van der Waals surface area contributed by atoms with E-state index in [0.717, 1.165) is 12.6 Å². The zero-order valence-corrected chi connectivity index (χ0v) is 17.6. The fourth-order valence-corrected chi connectivity index (χ4v) is 4.09. The zero-order chi connectivity index (χ0) is 19.2. The highest BCUT2D eigenvalue weighted by molar-refractivity contribution is 6.18. The van der Waals surface area contributed by atoms with Crippen LogP contribution in [0.5, 0.6) is 0 Å². The summed E-state index contributed by atoms with van der Waals surface area (Å²) in [6.45, 7) is 4.65. The molecule has 1 aliphatic heterocycles. The molecule has 2 rings (SSSR count). The van der Waals surface area contributed by atoms with Crippen LogP contribution in [0.15, 0.2) is 40.3 Å². The van der Waals surface area contributed by atoms with Crippen molar-refractivity contribution in [1.82, 2.24) is 0 Å². The number of aliphatic imine (C=N–C) groups is 2. The van der Waals surface area contributed by atoms with Crippen molar-refractivity contribution in [3.63, 3.8) is 0 Å². The summed E-state index contributed by atoms with van der Waals surface area (Å²) in [4.78, 5) is 9.06. The Kier molecular flexibility index (Phi) is 10.9. The summed E-state index contributed by atoms with van der Waals surface area (Å²) in [5.74, 6) is 1.06. The Morgan fingerprint density at radius 3 is 1.93 bits per heavy atom. The van der Waals surface area contributed by atoms with Crippen LogP contribution in [0, 0.1) is 18.0 Å². The molecule has 1 aromatic carbocycles. The van der Waals surface area contributed by atoms with E-state index in [4.69, 9.17) is 0 Å². The van der Waals surface area contributed by atoms with E-state index in [9.17, 15) is 0 Å². The summed E-state index contributed by atoms with van der Waals surface area (Å²) >= 11 is 0. The summed E-state index contributed by atoms with van der Waals surface area (Å²) in [5, 5.41) is 0. The topological polar surface area (TPSA) is 24.7 Å². The summed E-state index contributed by atoms with van der Waals surface area (Å²) in [5.41, 5.74) is 1.42. The number of benzene rings is 1. The lowest BCUT2D eigenvalue weighted by Gasteiger charge is -2.22. The zero-order valence-electron chi connectivity index (χ0n) is 17.6. The van der Waals surface area contributed by atoms with Gasteiger partial charge in [0.15, 0.2) is 12.4 Å². The van der Waals surface area contributed by atoms with E-state index in [1.807, 2.05) is 12.4 Å². The van der Waals surface area contributed by atoms with Crippen molar-refractivity contribution in [2.24, 2.45) is 21.8 Å². The van der Waals surface area contributed by atoms with Gasteiger partial charge in [0.1, 0.15) is 0 Å². The summed E-state index contributed by atoms with van der Waals surface area (Å²) in [7, 11) is 0. The number of nitrogens with zero attached hydrogens (tertiary/aromatic N) is 2. The molecule has 0 N–H and O–H groups in total. The third-order valence-corrected chi connectivity index (χ3v) is 5.77. The normalized spacial score (nSPS) is 15.4. The van der Waals surface area contributed by atoms with Gasteiger partial charge in [-0.2, -0.15) is 0 Å². The molecule has 27 heavy (non-hydrogen) atoms. The van der Waals surface area contributed by atoms with Gasteiger partial charge in [0.25, 0.3) is 0 Å². The quantitative estimate of drug-likeness (QED) is 0.227. The molecule has 0 aliphatic carbocycles. The molecule has 2 unspecified atom stereocenters. The molecule has 148 valence electrons. The molecule has 0 bridgehead atoms. The second-order valence-electron chi connectivity index (χ2n) is 8.16. The molecule has 0 saturated carbocycles. The fraction of sp³-hybridized carbons (Fsp3) is 0.640. The maximum atomic E-state index is 4.53. The largest absolute Gasteiger partial charge is 0.244 e. The van der Waals surface area contributed by atoms with Crippen LogP contribution >= 0.6 is 0 Å². The smallest absolute Gasteiger partial charge is 0.0965 e. The van der Waals surface area contributed by atoms with Gasteiger partial charge in [0, 0.05) is 0 Å². The average Bonchev–Trinajstić information content (AvgIpc) is 3.21. The minimum atomic E-state index is 0.481. The summed E-state index contributed by atoms with van der Waals surface area (Å²) in [6, 6.07) is 10.8. The van der Waals surface area contributed by atoms with Gasteiger partial charge in [-0.1, -0.05) is 118 Å². The first-order valence-electron chi connectivity index (χ1n) is 11.3. The molecular weight excluding hydrogens is 328 g/mol. The van der Waals surface area contributed by atoms with Crippen molar-refractivity contribution < 1.29 is 0 Å². The Morgan fingerprint density at radius 2 is 1.33 bits per heavy atom. The molecule has 0 fully saturated rings. The third-order valence-electron chi connectivity index (χ3n) is 5.77. The number of unbranched alkanes of at least 4 members (excludes halogenated alkanes) is 9. The van der Waals surface area contributed by atoms with Crippen molar-refractivity contribution in [2.75, 3.05) is 0 Å². The van der Waals surface area contributed by atoms with Crippen LogP contribution in [0.2, 0.25) is 0 Å². The highest BCUT2D eigenvalue weighted by Crippen LogP contribution is 2.33. The van der Waals surface area contributed by atoms with E-state index >= 15 is 0 Å². The fourth-order valence-electron chi connectivity index (χ4n) is 4.09. The molecule has 2 atom stereocenters. The molecule has 0 saturated heterocycles. The molecule has 2 heteroatoms. The van der Waals surface area contributed by atoms with Crippen LogP contribution in [0.25, 0.3) is 0 Å². The molecule has 0 radical (unpaired) electrons. The number of hydrogen-bond acceptors (Lipinski definition) is 2. The third kappa shape index (κ3) is 8.77. The molecule has 1 aliphatic rings. The van der Waals surface area contributed by atoms with Gasteiger partial charge in [-0.15, -0.1) is 0 Å². The molecule has 1 aromatic rings. The number of hydrogen-bond donors (Lipinski definition) is 0. The van der Waals surface area contributed by atoms with Crippen molar-refractivity contribution in [3.05, 3.63) is 42.1 Å². The highest BCUT2D eigenvalue weighted by atomic mass is 15.0. The average molecular weight is 368 g/mol. The van der Waals surface area contributed by atoms with Crippen LogP contribution < -0.4 is 0 Å². The van der Waals surface area contributed by atoms with Crippen LogP contribution in [-0.4, -0.2) is 12.4 Å². The van der Waals surface area contributed by atoms with Gasteiger partial charge in [0.2, 0.25) is 6.17 Å². The minimum Gasteiger partial charge on any atom is -0.0965 e. The molecule has 0 aromatic heterocycles. The predicted molar refractivity (Wildman–Crippen MR) is 119 cm³/mol. The Bertz CT molecular complexity index is 523. The lowest BCUT2D eigenvalue weighted by Crippen LogP contribution is -2.19. The maximum Gasteiger partial charge on any atom is 0.244 e. The van der Waals surface area contributed by atoms with Gasteiger partial charge in [-0.05, 0) is 24.3 Å². The Labute approximate surface area is 167 Å². The van der Waals surface area contributed by atoms with Gasteiger partial charge >= 0.3 is 0 Å². The van der Waals surface area contributed by atoms with Crippen LogP contribution in [-0.2, 0) is 6.42 Å². The minimum absolute atomic E-state index is 0.481. The molecule has 2 nitrogen and oxygen atoms in total. The first kappa shape index (κ1) is 21.7. The van der Waals surface area contributed by atoms with E-state index in [2.05, 4.69) is 54.2 Å². The maximum absolute atomic E-state index is 4.53. The van der Waals surface area contributed by atoms with Crippen LogP contribution in [0.3, 0.4) is 0 Å². The lowest BCUT2D eigenvalue weighted by atomic mass is 9.82. The van der Waals surface area contributed by atoms with Gasteiger partial charge in [-0.3, -0.25) is 0 Å². The van der Waals surface area contributed by atoms with Gasteiger partial charge in [0.05, 0.1) is 5.92 Å². The Balaban J connectivity index is 1.66. The first-order chi connectivity index (χ1) is 13.3. The van der Waals surface area contributed by atoms with Gasteiger partial charge < -0.3 is 0 Å². The molecule has 0 spiro atoms. The second-order valence-corrected chi connectivity index (χ2v) is 8.16. The molecule has 0 amide bonds. The van der Waals surface area contributed by atoms with E-state index in [-0.39, 0.29) is 0 Å². The first-order valence-corrected chi connectivity index (χ1v) is 11.3.